The van der Waals surface area contributed by atoms with Crippen LogP contribution in [0.2, 0.25) is 0 Å². The number of rotatable bonds is 7. The maximum Gasteiger partial charge on any atom is 0.282 e. The van der Waals surface area contributed by atoms with Crippen molar-refractivity contribution in [2.45, 2.75) is 20.0 Å². The smallest absolute Gasteiger partial charge is 0.282 e. The average molecular weight is 435 g/mol. The van der Waals surface area contributed by atoms with Crippen LogP contribution in [0.3, 0.4) is 0 Å². The number of anilines is 2. The minimum atomic E-state index is -0.445. The lowest BCUT2D eigenvalue weighted by Crippen LogP contribution is -2.33. The van der Waals surface area contributed by atoms with Crippen molar-refractivity contribution in [1.29, 1.82) is 0 Å². The van der Waals surface area contributed by atoms with Crippen LogP contribution in [0.1, 0.15) is 18.7 Å². The number of ether oxygens (including phenoxy) is 2. The van der Waals surface area contributed by atoms with Gasteiger partial charge in [-0.1, -0.05) is 30.3 Å². The van der Waals surface area contributed by atoms with Gasteiger partial charge >= 0.3 is 0 Å². The third-order valence-corrected chi connectivity index (χ3v) is 5.57. The Kier molecular flexibility index (Phi) is 5.77. The quantitative estimate of drug-likeness (QED) is 0.534. The molecule has 0 fully saturated rings. The van der Waals surface area contributed by atoms with E-state index in [1.54, 1.807) is 37.4 Å². The first-order valence-corrected chi connectivity index (χ1v) is 10.7. The van der Waals surface area contributed by atoms with Gasteiger partial charge in [-0.05, 0) is 49.6 Å². The summed E-state index contributed by atoms with van der Waals surface area (Å²) in [4.78, 5) is 29.0. The molecule has 1 N–H and O–H groups in total. The van der Waals surface area contributed by atoms with Crippen molar-refractivity contribution in [1.82, 2.24) is 0 Å². The standard InChI is InChI=1S/C24H22N2O4S/c1-15(2)30-19-12-7-5-10-17(19)26-23(27)21(20-13-8-14-31-20)22(24(26)28)25-16-9-4-6-11-18(16)29-3/h4-15,25H,1-3H3. The second-order valence-electron chi connectivity index (χ2n) is 7.13. The molecule has 2 amide bonds. The van der Waals surface area contributed by atoms with Crippen molar-refractivity contribution in [3.8, 4) is 11.5 Å². The van der Waals surface area contributed by atoms with Gasteiger partial charge in [0.1, 0.15) is 17.2 Å². The normalized spacial score (nSPS) is 13.9. The number of carbonyl (C=O) groups is 2. The van der Waals surface area contributed by atoms with E-state index in [4.69, 9.17) is 9.47 Å². The molecule has 158 valence electrons. The van der Waals surface area contributed by atoms with Crippen LogP contribution >= 0.6 is 11.3 Å². The summed E-state index contributed by atoms with van der Waals surface area (Å²) in [5, 5.41) is 5.02. The lowest BCUT2D eigenvalue weighted by Gasteiger charge is -2.20. The van der Waals surface area contributed by atoms with E-state index in [2.05, 4.69) is 5.32 Å². The monoisotopic (exact) mass is 434 g/mol. The molecule has 0 atom stereocenters. The number of carbonyl (C=O) groups excluding carboxylic acids is 2. The highest BCUT2D eigenvalue weighted by atomic mass is 32.1. The maximum atomic E-state index is 13.6. The topological polar surface area (TPSA) is 67.9 Å². The molecule has 2 aromatic carbocycles. The molecule has 31 heavy (non-hydrogen) atoms. The van der Waals surface area contributed by atoms with Gasteiger partial charge in [-0.15, -0.1) is 11.3 Å². The average Bonchev–Trinajstić information content (AvgIpc) is 3.36. The first-order chi connectivity index (χ1) is 15.0. The first-order valence-electron chi connectivity index (χ1n) is 9.84. The molecule has 0 bridgehead atoms. The second-order valence-corrected chi connectivity index (χ2v) is 8.08. The fraction of sp³-hybridized carbons (Fsp3) is 0.167. The summed E-state index contributed by atoms with van der Waals surface area (Å²) < 4.78 is 11.3. The molecule has 4 rings (SSSR count). The van der Waals surface area contributed by atoms with Crippen molar-refractivity contribution in [2.75, 3.05) is 17.3 Å². The molecule has 7 heteroatoms. The number of nitrogens with one attached hydrogen (secondary N) is 1. The molecule has 0 saturated heterocycles. The number of hydrogen-bond donors (Lipinski definition) is 1. The number of methoxy groups -OCH3 is 1. The molecule has 2 heterocycles. The molecule has 1 aliphatic heterocycles. The highest BCUT2D eigenvalue weighted by molar-refractivity contribution is 7.11. The van der Waals surface area contributed by atoms with Crippen LogP contribution in [0.4, 0.5) is 11.4 Å². The molecular weight excluding hydrogens is 412 g/mol. The van der Waals surface area contributed by atoms with Gasteiger partial charge < -0.3 is 14.8 Å². The van der Waals surface area contributed by atoms with Crippen LogP contribution in [0, 0.1) is 0 Å². The first kappa shape index (κ1) is 20.7. The summed E-state index contributed by atoms with van der Waals surface area (Å²) >= 11 is 1.40. The number of hydrogen-bond acceptors (Lipinski definition) is 6. The SMILES string of the molecule is COc1ccccc1NC1=C(c2cccs2)C(=O)N(c2ccccc2OC(C)C)C1=O. The molecule has 1 aromatic heterocycles. The highest BCUT2D eigenvalue weighted by Crippen LogP contribution is 2.40. The van der Waals surface area contributed by atoms with Crippen LogP contribution in [-0.2, 0) is 9.59 Å². The Morgan fingerprint density at radius 1 is 0.903 bits per heavy atom. The van der Waals surface area contributed by atoms with Gasteiger partial charge in [-0.2, -0.15) is 0 Å². The summed E-state index contributed by atoms with van der Waals surface area (Å²) in [6.07, 6.45) is -0.107. The third kappa shape index (κ3) is 3.92. The van der Waals surface area contributed by atoms with Crippen molar-refractivity contribution >= 4 is 40.1 Å². The fourth-order valence-electron chi connectivity index (χ4n) is 3.39. The minimum Gasteiger partial charge on any atom is -0.495 e. The zero-order valence-electron chi connectivity index (χ0n) is 17.4. The van der Waals surface area contributed by atoms with E-state index in [0.29, 0.717) is 33.3 Å². The van der Waals surface area contributed by atoms with Gasteiger partial charge in [-0.25, -0.2) is 4.90 Å². The van der Waals surface area contributed by atoms with Gasteiger partial charge in [0.2, 0.25) is 0 Å². The molecule has 0 unspecified atom stereocenters. The molecule has 1 aliphatic rings. The molecular formula is C24H22N2O4S. The van der Waals surface area contributed by atoms with E-state index < -0.39 is 11.8 Å². The Balaban J connectivity index is 1.81. The molecule has 0 saturated carbocycles. The van der Waals surface area contributed by atoms with Gasteiger partial charge in [0.05, 0.1) is 30.2 Å². The van der Waals surface area contributed by atoms with Gasteiger partial charge in [0.15, 0.2) is 0 Å². The third-order valence-electron chi connectivity index (χ3n) is 4.69. The van der Waals surface area contributed by atoms with E-state index >= 15 is 0 Å². The second kappa shape index (κ2) is 8.65. The van der Waals surface area contributed by atoms with E-state index in [9.17, 15) is 9.59 Å². The Morgan fingerprint density at radius 2 is 1.61 bits per heavy atom. The number of para-hydroxylation sites is 4. The van der Waals surface area contributed by atoms with Crippen molar-refractivity contribution in [3.05, 3.63) is 76.6 Å². The lowest BCUT2D eigenvalue weighted by molar-refractivity contribution is -0.120. The molecule has 3 aromatic rings. The molecule has 6 nitrogen and oxygen atoms in total. The van der Waals surface area contributed by atoms with Crippen molar-refractivity contribution < 1.29 is 19.1 Å². The van der Waals surface area contributed by atoms with Gasteiger partial charge in [-0.3, -0.25) is 9.59 Å². The zero-order chi connectivity index (χ0) is 22.0. The molecule has 0 radical (unpaired) electrons. The summed E-state index contributed by atoms with van der Waals surface area (Å²) in [7, 11) is 1.56. The van der Waals surface area contributed by atoms with Crippen molar-refractivity contribution in [2.24, 2.45) is 0 Å². The summed E-state index contributed by atoms with van der Waals surface area (Å²) in [6.45, 7) is 3.79. The number of thiophene rings is 1. The number of amides is 2. The Morgan fingerprint density at radius 3 is 2.29 bits per heavy atom. The summed E-state index contributed by atoms with van der Waals surface area (Å²) in [5.41, 5.74) is 1.54. The Labute approximate surface area is 184 Å². The van der Waals surface area contributed by atoms with Crippen LogP contribution in [0.15, 0.2) is 71.7 Å². The van der Waals surface area contributed by atoms with Crippen LogP contribution in [-0.4, -0.2) is 25.0 Å². The largest absolute Gasteiger partial charge is 0.495 e. The van der Waals surface area contributed by atoms with E-state index in [-0.39, 0.29) is 11.8 Å². The van der Waals surface area contributed by atoms with Gasteiger partial charge in [0, 0.05) is 4.88 Å². The number of benzene rings is 2. The van der Waals surface area contributed by atoms with Crippen LogP contribution < -0.4 is 19.7 Å². The molecule has 0 spiro atoms. The van der Waals surface area contributed by atoms with E-state index in [0.717, 1.165) is 0 Å². The lowest BCUT2D eigenvalue weighted by atomic mass is 10.1. The predicted molar refractivity (Wildman–Crippen MR) is 123 cm³/mol. The minimum absolute atomic E-state index is 0.107. The van der Waals surface area contributed by atoms with Gasteiger partial charge in [0.25, 0.3) is 11.8 Å². The van der Waals surface area contributed by atoms with Crippen molar-refractivity contribution in [3.63, 3.8) is 0 Å². The van der Waals surface area contributed by atoms with E-state index in [1.165, 1.54) is 16.2 Å². The Hall–Kier alpha value is -3.58. The number of nitrogens with zero attached hydrogens (tertiary/aromatic N) is 1. The van der Waals surface area contributed by atoms with Crippen LogP contribution in [0.25, 0.3) is 5.57 Å². The zero-order valence-corrected chi connectivity index (χ0v) is 18.2. The highest BCUT2D eigenvalue weighted by Gasteiger charge is 2.42. The Bertz CT molecular complexity index is 1150. The summed E-state index contributed by atoms with van der Waals surface area (Å²) in [5.74, 6) is 0.204. The van der Waals surface area contributed by atoms with E-state index in [1.807, 2.05) is 49.6 Å². The summed E-state index contributed by atoms with van der Waals surface area (Å²) in [6, 6.07) is 18.0. The maximum absolute atomic E-state index is 13.6. The predicted octanol–water partition coefficient (Wildman–Crippen LogP) is 4.94. The molecule has 0 aliphatic carbocycles. The number of imide groups is 1. The van der Waals surface area contributed by atoms with Crippen LogP contribution in [0.5, 0.6) is 11.5 Å². The fourth-order valence-corrected chi connectivity index (χ4v) is 4.16.